The van der Waals surface area contributed by atoms with Gasteiger partial charge in [0.15, 0.2) is 0 Å². The van der Waals surface area contributed by atoms with Crippen LogP contribution in [-0.2, 0) is 10.0 Å². The van der Waals surface area contributed by atoms with Gasteiger partial charge in [-0.3, -0.25) is 4.79 Å². The lowest BCUT2D eigenvalue weighted by atomic mass is 10.1. The first-order valence-electron chi connectivity index (χ1n) is 8.98. The van der Waals surface area contributed by atoms with E-state index < -0.39 is 10.0 Å². The van der Waals surface area contributed by atoms with Crippen LogP contribution in [-0.4, -0.2) is 63.4 Å². The Balaban J connectivity index is 2.42. The summed E-state index contributed by atoms with van der Waals surface area (Å²) >= 11 is 0. The van der Waals surface area contributed by atoms with E-state index in [0.717, 1.165) is 25.7 Å². The Morgan fingerprint density at radius 1 is 1.27 bits per heavy atom. The first-order valence-corrected chi connectivity index (χ1v) is 10.4. The quantitative estimate of drug-likeness (QED) is 0.807. The number of hydrogen-bond acceptors (Lipinski definition) is 5. The van der Waals surface area contributed by atoms with Gasteiger partial charge in [0, 0.05) is 38.3 Å². The monoisotopic (exact) mass is 383 g/mol. The van der Waals surface area contributed by atoms with E-state index in [1.54, 1.807) is 19.2 Å². The summed E-state index contributed by atoms with van der Waals surface area (Å²) in [6.07, 6.45) is 3.75. The summed E-state index contributed by atoms with van der Waals surface area (Å²) in [4.78, 5) is 14.2. The van der Waals surface area contributed by atoms with Crippen molar-refractivity contribution in [1.29, 1.82) is 0 Å². The number of benzene rings is 1. The van der Waals surface area contributed by atoms with E-state index >= 15 is 0 Å². The van der Waals surface area contributed by atoms with E-state index in [-0.39, 0.29) is 22.6 Å². The third-order valence-corrected chi connectivity index (χ3v) is 6.84. The minimum Gasteiger partial charge on any atom is -0.495 e. The molecule has 0 bridgehead atoms. The fourth-order valence-electron chi connectivity index (χ4n) is 2.99. The molecule has 0 aliphatic carbocycles. The first kappa shape index (κ1) is 20.7. The highest BCUT2D eigenvalue weighted by atomic mass is 32.2. The Hall–Kier alpha value is -1.64. The van der Waals surface area contributed by atoms with Crippen LogP contribution < -0.4 is 10.5 Å². The minimum atomic E-state index is -3.72. The molecule has 1 aromatic carbocycles. The van der Waals surface area contributed by atoms with Crippen molar-refractivity contribution in [3.63, 3.8) is 0 Å². The van der Waals surface area contributed by atoms with Crippen LogP contribution >= 0.6 is 0 Å². The molecule has 0 radical (unpaired) electrons. The van der Waals surface area contributed by atoms with E-state index in [2.05, 4.69) is 0 Å². The van der Waals surface area contributed by atoms with Crippen molar-refractivity contribution in [1.82, 2.24) is 9.21 Å². The normalized spacial score (nSPS) is 17.4. The van der Waals surface area contributed by atoms with Gasteiger partial charge in [0.1, 0.15) is 10.6 Å². The Bertz CT molecular complexity index is 728. The zero-order valence-corrected chi connectivity index (χ0v) is 16.6. The highest BCUT2D eigenvalue weighted by molar-refractivity contribution is 7.89. The zero-order chi connectivity index (χ0) is 19.3. The van der Waals surface area contributed by atoms with Crippen molar-refractivity contribution in [3.05, 3.63) is 23.8 Å². The summed E-state index contributed by atoms with van der Waals surface area (Å²) in [6, 6.07) is 4.40. The highest BCUT2D eigenvalue weighted by Crippen LogP contribution is 2.29. The number of carbonyl (C=O) groups excluding carboxylic acids is 1. The summed E-state index contributed by atoms with van der Waals surface area (Å²) in [5.74, 6) is -0.0155. The van der Waals surface area contributed by atoms with Crippen LogP contribution in [0.25, 0.3) is 0 Å². The topological polar surface area (TPSA) is 92.9 Å². The van der Waals surface area contributed by atoms with Crippen molar-refractivity contribution in [2.75, 3.05) is 33.8 Å². The molecule has 1 amide bonds. The Morgan fingerprint density at radius 3 is 2.42 bits per heavy atom. The fraction of sp³-hybridized carbons (Fsp3) is 0.611. The van der Waals surface area contributed by atoms with Gasteiger partial charge in [-0.2, -0.15) is 4.31 Å². The van der Waals surface area contributed by atoms with Gasteiger partial charge in [0.25, 0.3) is 5.91 Å². The summed E-state index contributed by atoms with van der Waals surface area (Å²) in [5.41, 5.74) is 5.94. The molecular formula is C18H29N3O4S. The number of rotatable bonds is 6. The predicted octanol–water partition coefficient (Wildman–Crippen LogP) is 1.68. The molecule has 1 fully saturated rings. The maximum absolute atomic E-state index is 13.2. The molecule has 0 spiro atoms. The van der Waals surface area contributed by atoms with Crippen LogP contribution in [0.1, 0.15) is 43.0 Å². The summed E-state index contributed by atoms with van der Waals surface area (Å²) < 4.78 is 33.1. The van der Waals surface area contributed by atoms with Gasteiger partial charge in [0.2, 0.25) is 10.0 Å². The smallest absolute Gasteiger partial charge is 0.253 e. The van der Waals surface area contributed by atoms with Crippen molar-refractivity contribution < 1.29 is 17.9 Å². The lowest BCUT2D eigenvalue weighted by molar-refractivity contribution is 0.0748. The number of methoxy groups -OCH3 is 1. The number of hydrogen-bond donors (Lipinski definition) is 1. The number of ether oxygens (including phenoxy) is 1. The lowest BCUT2D eigenvalue weighted by Crippen LogP contribution is -2.39. The molecule has 1 aromatic rings. The van der Waals surface area contributed by atoms with Gasteiger partial charge in [-0.05, 0) is 38.0 Å². The molecule has 146 valence electrons. The van der Waals surface area contributed by atoms with Crippen LogP contribution in [0.5, 0.6) is 5.75 Å². The number of carbonyl (C=O) groups is 1. The largest absolute Gasteiger partial charge is 0.495 e. The van der Waals surface area contributed by atoms with Crippen LogP contribution in [0.3, 0.4) is 0 Å². The van der Waals surface area contributed by atoms with E-state index in [9.17, 15) is 13.2 Å². The molecule has 1 aliphatic rings. The third-order valence-electron chi connectivity index (χ3n) is 4.92. The Labute approximate surface area is 156 Å². The van der Waals surface area contributed by atoms with Gasteiger partial charge in [-0.25, -0.2) is 8.42 Å². The van der Waals surface area contributed by atoms with Crippen LogP contribution in [0.15, 0.2) is 23.1 Å². The lowest BCUT2D eigenvalue weighted by Gasteiger charge is -2.25. The predicted molar refractivity (Wildman–Crippen MR) is 101 cm³/mol. The molecule has 1 heterocycles. The highest BCUT2D eigenvalue weighted by Gasteiger charge is 2.29. The maximum Gasteiger partial charge on any atom is 0.253 e. The van der Waals surface area contributed by atoms with Crippen molar-refractivity contribution in [3.8, 4) is 5.75 Å². The molecule has 7 nitrogen and oxygen atoms in total. The second-order valence-corrected chi connectivity index (χ2v) is 8.59. The molecule has 0 aromatic heterocycles. The van der Waals surface area contributed by atoms with Gasteiger partial charge < -0.3 is 15.4 Å². The molecule has 1 aliphatic heterocycles. The number of likely N-dealkylation sites (N-methyl/N-ethyl adjacent to an activating group) is 1. The summed E-state index contributed by atoms with van der Waals surface area (Å²) in [6.45, 7) is 3.16. The second-order valence-electron chi connectivity index (χ2n) is 6.68. The average Bonchev–Trinajstić information content (AvgIpc) is 2.95. The van der Waals surface area contributed by atoms with E-state index in [1.165, 1.54) is 22.4 Å². The second kappa shape index (κ2) is 8.83. The van der Waals surface area contributed by atoms with Gasteiger partial charge in [-0.1, -0.05) is 12.8 Å². The molecule has 26 heavy (non-hydrogen) atoms. The molecule has 1 saturated heterocycles. The minimum absolute atomic E-state index is 0.0431. The van der Waals surface area contributed by atoms with E-state index in [0.29, 0.717) is 25.2 Å². The Morgan fingerprint density at radius 2 is 1.88 bits per heavy atom. The third kappa shape index (κ3) is 4.36. The van der Waals surface area contributed by atoms with Crippen LogP contribution in [0, 0.1) is 0 Å². The first-order chi connectivity index (χ1) is 12.3. The number of amides is 1. The van der Waals surface area contributed by atoms with E-state index in [1.807, 2.05) is 6.92 Å². The van der Waals surface area contributed by atoms with Crippen molar-refractivity contribution in [2.45, 2.75) is 43.5 Å². The Kier molecular flexibility index (Phi) is 7.02. The van der Waals surface area contributed by atoms with Gasteiger partial charge in [0.05, 0.1) is 7.11 Å². The van der Waals surface area contributed by atoms with Gasteiger partial charge in [-0.15, -0.1) is 0 Å². The standard InChI is InChI=1S/C18H29N3O4S/c1-14(13-19)20(2)18(22)15-8-9-16(25-3)17(12-15)26(23,24)21-10-6-4-5-7-11-21/h8-9,12,14H,4-7,10-11,13,19H2,1-3H3. The average molecular weight is 384 g/mol. The molecule has 1 unspecified atom stereocenters. The number of nitrogens with two attached hydrogens (primary N) is 1. The zero-order valence-electron chi connectivity index (χ0n) is 15.8. The van der Waals surface area contributed by atoms with Crippen LogP contribution in [0.4, 0.5) is 0 Å². The van der Waals surface area contributed by atoms with Gasteiger partial charge >= 0.3 is 0 Å². The van der Waals surface area contributed by atoms with Crippen molar-refractivity contribution >= 4 is 15.9 Å². The number of nitrogens with zero attached hydrogens (tertiary/aromatic N) is 2. The van der Waals surface area contributed by atoms with Crippen LogP contribution in [0.2, 0.25) is 0 Å². The molecule has 1 atom stereocenters. The molecule has 8 heteroatoms. The number of sulfonamides is 1. The molecule has 2 rings (SSSR count). The SMILES string of the molecule is COc1ccc(C(=O)N(C)C(C)CN)cc1S(=O)(=O)N1CCCCCC1. The summed E-state index contributed by atoms with van der Waals surface area (Å²) in [7, 11) is -0.632. The molecule has 2 N–H and O–H groups in total. The fourth-order valence-corrected chi connectivity index (χ4v) is 4.69. The summed E-state index contributed by atoms with van der Waals surface area (Å²) in [5, 5.41) is 0. The van der Waals surface area contributed by atoms with Crippen molar-refractivity contribution in [2.24, 2.45) is 5.73 Å². The maximum atomic E-state index is 13.2. The molecule has 0 saturated carbocycles. The van der Waals surface area contributed by atoms with E-state index in [4.69, 9.17) is 10.5 Å². The molecular weight excluding hydrogens is 354 g/mol.